The summed E-state index contributed by atoms with van der Waals surface area (Å²) in [5.41, 5.74) is 0.753. The van der Waals surface area contributed by atoms with Crippen molar-refractivity contribution in [1.82, 2.24) is 10.2 Å². The number of fused-ring (bicyclic) bond motifs is 1. The molecular weight excluding hydrogens is 542 g/mol. The number of rotatable bonds is 13. The fraction of sp³-hybridized carbons (Fsp3) is 0.457. The third-order valence-corrected chi connectivity index (χ3v) is 7.28. The highest BCUT2D eigenvalue weighted by Gasteiger charge is 2.36. The number of para-hydroxylation sites is 1. The highest BCUT2D eigenvalue weighted by Crippen LogP contribution is 2.33. The van der Waals surface area contributed by atoms with Crippen LogP contribution >= 0.6 is 0 Å². The Kier molecular flexibility index (Phi) is 12.0. The van der Waals surface area contributed by atoms with Gasteiger partial charge in [0.15, 0.2) is 0 Å². The molecule has 2 unspecified atom stereocenters. The van der Waals surface area contributed by atoms with E-state index in [-0.39, 0.29) is 12.3 Å². The number of hydrogen-bond acceptors (Lipinski definition) is 5. The van der Waals surface area contributed by atoms with E-state index in [9.17, 15) is 19.5 Å². The zero-order chi connectivity index (χ0) is 31.6. The smallest absolute Gasteiger partial charge is 0.408 e. The molecule has 8 heteroatoms. The largest absolute Gasteiger partial charge is 0.507 e. The number of aromatic hydroxyl groups is 1. The Morgan fingerprint density at radius 3 is 2.28 bits per heavy atom. The predicted octanol–water partition coefficient (Wildman–Crippen LogP) is 7.64. The summed E-state index contributed by atoms with van der Waals surface area (Å²) in [6, 6.07) is 16.5. The molecule has 3 rings (SSSR count). The number of anilines is 1. The molecule has 0 aliphatic carbocycles. The standard InChI is InChI=1S/C35H47N3O5/c1-7-8-9-10-11-14-22-38(33(41)25(3)36-34(42)43-35(4,5)6)30(29-19-15-16-24(2)31(29)39)32(40)37-28-21-20-26-17-12-13-18-27(26)23-28/h12-13,15-21,23,25,30,39H,7-11,14,22H2,1-6H3,(H,36,42)(H,37,40). The average Bonchev–Trinajstić information content (AvgIpc) is 2.94. The number of nitrogens with one attached hydrogen (secondary N) is 2. The first kappa shape index (κ1) is 33.4. The normalized spacial score (nSPS) is 12.8. The zero-order valence-electron chi connectivity index (χ0n) is 26.4. The summed E-state index contributed by atoms with van der Waals surface area (Å²) in [4.78, 5) is 42.2. The molecule has 0 bridgehead atoms. The Balaban J connectivity index is 1.98. The first-order valence-electron chi connectivity index (χ1n) is 15.3. The van der Waals surface area contributed by atoms with Crippen molar-refractivity contribution in [2.24, 2.45) is 0 Å². The molecule has 0 spiro atoms. The van der Waals surface area contributed by atoms with Gasteiger partial charge < -0.3 is 25.4 Å². The Morgan fingerprint density at radius 1 is 0.907 bits per heavy atom. The number of phenols is 1. The third-order valence-electron chi connectivity index (χ3n) is 7.28. The van der Waals surface area contributed by atoms with Crippen LogP contribution in [0.4, 0.5) is 10.5 Å². The third kappa shape index (κ3) is 9.73. The monoisotopic (exact) mass is 589 g/mol. The SMILES string of the molecule is CCCCCCCCN(C(=O)C(C)NC(=O)OC(C)(C)C)C(C(=O)Nc1ccc2ccccc2c1)c1cccc(C)c1O. The number of carbonyl (C=O) groups excluding carboxylic acids is 3. The summed E-state index contributed by atoms with van der Waals surface area (Å²) in [5, 5.41) is 18.7. The minimum Gasteiger partial charge on any atom is -0.507 e. The van der Waals surface area contributed by atoms with Crippen molar-refractivity contribution in [2.75, 3.05) is 11.9 Å². The molecular formula is C35H47N3O5. The van der Waals surface area contributed by atoms with Crippen LogP contribution in [0.15, 0.2) is 60.7 Å². The zero-order valence-corrected chi connectivity index (χ0v) is 26.4. The summed E-state index contributed by atoms with van der Waals surface area (Å²) in [6.45, 7) is 11.0. The van der Waals surface area contributed by atoms with Crippen LogP contribution in [0.2, 0.25) is 0 Å². The van der Waals surface area contributed by atoms with Gasteiger partial charge in [-0.05, 0) is 69.5 Å². The molecule has 3 aromatic carbocycles. The number of aryl methyl sites for hydroxylation is 1. The quantitative estimate of drug-likeness (QED) is 0.178. The first-order chi connectivity index (χ1) is 20.4. The summed E-state index contributed by atoms with van der Waals surface area (Å²) in [5.74, 6) is -0.950. The maximum atomic E-state index is 14.1. The van der Waals surface area contributed by atoms with Crippen LogP contribution < -0.4 is 10.6 Å². The van der Waals surface area contributed by atoms with E-state index < -0.39 is 35.6 Å². The molecule has 3 N–H and O–H groups in total. The van der Waals surface area contributed by atoms with E-state index in [4.69, 9.17) is 4.74 Å². The lowest BCUT2D eigenvalue weighted by molar-refractivity contribution is -0.140. The van der Waals surface area contributed by atoms with Crippen molar-refractivity contribution in [3.63, 3.8) is 0 Å². The second kappa shape index (κ2) is 15.4. The van der Waals surface area contributed by atoms with Gasteiger partial charge in [0.1, 0.15) is 23.4 Å². The van der Waals surface area contributed by atoms with E-state index in [0.29, 0.717) is 23.2 Å². The summed E-state index contributed by atoms with van der Waals surface area (Å²) in [7, 11) is 0. The van der Waals surface area contributed by atoms with Crippen LogP contribution in [-0.2, 0) is 14.3 Å². The molecule has 0 saturated carbocycles. The molecule has 0 aromatic heterocycles. The highest BCUT2D eigenvalue weighted by atomic mass is 16.6. The number of unbranched alkanes of at least 4 members (excludes halogenated alkanes) is 5. The number of phenolic OH excluding ortho intramolecular Hbond substituents is 1. The van der Waals surface area contributed by atoms with Crippen molar-refractivity contribution in [3.05, 3.63) is 71.8 Å². The van der Waals surface area contributed by atoms with Crippen LogP contribution in [0.25, 0.3) is 10.8 Å². The molecule has 0 aliphatic rings. The lowest BCUT2D eigenvalue weighted by atomic mass is 9.98. The van der Waals surface area contributed by atoms with Gasteiger partial charge in [-0.3, -0.25) is 9.59 Å². The maximum Gasteiger partial charge on any atom is 0.408 e. The maximum absolute atomic E-state index is 14.1. The second-order valence-corrected chi connectivity index (χ2v) is 12.1. The summed E-state index contributed by atoms with van der Waals surface area (Å²) < 4.78 is 5.38. The second-order valence-electron chi connectivity index (χ2n) is 12.1. The van der Waals surface area contributed by atoms with Crippen molar-refractivity contribution in [3.8, 4) is 5.75 Å². The van der Waals surface area contributed by atoms with Crippen LogP contribution in [0, 0.1) is 6.92 Å². The van der Waals surface area contributed by atoms with E-state index in [2.05, 4.69) is 17.6 Å². The Labute approximate surface area is 255 Å². The molecule has 43 heavy (non-hydrogen) atoms. The minimum absolute atomic E-state index is 0.0466. The van der Waals surface area contributed by atoms with E-state index in [1.807, 2.05) is 42.5 Å². The van der Waals surface area contributed by atoms with Gasteiger partial charge in [0.05, 0.1) is 0 Å². The molecule has 232 valence electrons. The van der Waals surface area contributed by atoms with E-state index in [1.165, 1.54) is 4.90 Å². The van der Waals surface area contributed by atoms with Gasteiger partial charge >= 0.3 is 6.09 Å². The summed E-state index contributed by atoms with van der Waals surface area (Å²) in [6.07, 6.45) is 5.23. The van der Waals surface area contributed by atoms with Crippen LogP contribution in [0.3, 0.4) is 0 Å². The molecule has 0 radical (unpaired) electrons. The number of benzene rings is 3. The molecule has 2 atom stereocenters. The van der Waals surface area contributed by atoms with Crippen LogP contribution in [0.5, 0.6) is 5.75 Å². The number of alkyl carbamates (subject to hydrolysis) is 1. The summed E-state index contributed by atoms with van der Waals surface area (Å²) >= 11 is 0. The number of hydrogen-bond donors (Lipinski definition) is 3. The van der Waals surface area contributed by atoms with E-state index in [0.717, 1.165) is 42.9 Å². The van der Waals surface area contributed by atoms with Gasteiger partial charge in [-0.2, -0.15) is 0 Å². The molecule has 3 amide bonds. The Morgan fingerprint density at radius 2 is 1.58 bits per heavy atom. The fourth-order valence-electron chi connectivity index (χ4n) is 5.05. The minimum atomic E-state index is -1.14. The Bertz CT molecular complexity index is 1400. The molecule has 0 fully saturated rings. The molecule has 0 saturated heterocycles. The van der Waals surface area contributed by atoms with Gasteiger partial charge in [0.2, 0.25) is 5.91 Å². The van der Waals surface area contributed by atoms with Gasteiger partial charge in [0, 0.05) is 17.8 Å². The van der Waals surface area contributed by atoms with Crippen molar-refractivity contribution in [2.45, 2.75) is 97.8 Å². The highest BCUT2D eigenvalue weighted by molar-refractivity contribution is 6.00. The van der Waals surface area contributed by atoms with Gasteiger partial charge in [-0.1, -0.05) is 87.6 Å². The van der Waals surface area contributed by atoms with Crippen LogP contribution in [-0.4, -0.2) is 46.1 Å². The topological polar surface area (TPSA) is 108 Å². The molecule has 3 aromatic rings. The van der Waals surface area contributed by atoms with Gasteiger partial charge in [-0.15, -0.1) is 0 Å². The predicted molar refractivity (Wildman–Crippen MR) is 172 cm³/mol. The Hall–Kier alpha value is -4.07. The molecule has 0 aliphatic heterocycles. The van der Waals surface area contributed by atoms with Crippen LogP contribution in [0.1, 0.15) is 90.3 Å². The van der Waals surface area contributed by atoms with E-state index in [1.54, 1.807) is 52.8 Å². The van der Waals surface area contributed by atoms with Gasteiger partial charge in [-0.25, -0.2) is 4.79 Å². The fourth-order valence-corrected chi connectivity index (χ4v) is 5.05. The van der Waals surface area contributed by atoms with Crippen molar-refractivity contribution >= 4 is 34.4 Å². The number of nitrogens with zero attached hydrogens (tertiary/aromatic N) is 1. The lowest BCUT2D eigenvalue weighted by Gasteiger charge is -2.34. The van der Waals surface area contributed by atoms with E-state index >= 15 is 0 Å². The van der Waals surface area contributed by atoms with Crippen molar-refractivity contribution < 1.29 is 24.2 Å². The lowest BCUT2D eigenvalue weighted by Crippen LogP contribution is -2.51. The number of carbonyl (C=O) groups is 3. The van der Waals surface area contributed by atoms with Crippen molar-refractivity contribution in [1.29, 1.82) is 0 Å². The number of amides is 3. The number of ether oxygens (including phenoxy) is 1. The molecule has 0 heterocycles. The average molecular weight is 590 g/mol. The molecule has 8 nitrogen and oxygen atoms in total. The van der Waals surface area contributed by atoms with Gasteiger partial charge in [0.25, 0.3) is 5.91 Å². The first-order valence-corrected chi connectivity index (χ1v) is 15.3.